The zero-order valence-corrected chi connectivity index (χ0v) is 19.2. The first-order valence-electron chi connectivity index (χ1n) is 11.2. The van der Waals surface area contributed by atoms with E-state index < -0.39 is 0 Å². The molecule has 0 bridgehead atoms. The van der Waals surface area contributed by atoms with Gasteiger partial charge in [0.1, 0.15) is 5.82 Å². The molecule has 0 aliphatic carbocycles. The Morgan fingerprint density at radius 1 is 1.19 bits per heavy atom. The van der Waals surface area contributed by atoms with Crippen molar-refractivity contribution in [2.45, 2.75) is 45.6 Å². The van der Waals surface area contributed by atoms with Crippen molar-refractivity contribution in [2.75, 3.05) is 39.3 Å². The van der Waals surface area contributed by atoms with E-state index in [2.05, 4.69) is 10.2 Å². The van der Waals surface area contributed by atoms with Crippen LogP contribution >= 0.6 is 11.6 Å². The molecule has 1 aromatic rings. The Morgan fingerprint density at radius 3 is 2.48 bits per heavy atom. The maximum absolute atomic E-state index is 14.6. The minimum atomic E-state index is -0.341. The van der Waals surface area contributed by atoms with Gasteiger partial charge in [0.05, 0.1) is 12.6 Å². The van der Waals surface area contributed by atoms with Crippen LogP contribution in [0.4, 0.5) is 9.18 Å². The molecule has 2 fully saturated rings. The third kappa shape index (κ3) is 6.32. The van der Waals surface area contributed by atoms with E-state index in [1.807, 2.05) is 13.8 Å². The van der Waals surface area contributed by atoms with Crippen LogP contribution in [0, 0.1) is 17.7 Å². The number of piperidine rings is 1. The Balaban J connectivity index is 1.55. The van der Waals surface area contributed by atoms with Gasteiger partial charge in [0, 0.05) is 36.1 Å². The lowest BCUT2D eigenvalue weighted by molar-refractivity contribution is -0.126. The van der Waals surface area contributed by atoms with Crippen LogP contribution in [0.25, 0.3) is 0 Å². The summed E-state index contributed by atoms with van der Waals surface area (Å²) in [6, 6.07) is 4.42. The lowest BCUT2D eigenvalue weighted by Gasteiger charge is -2.32. The molecule has 172 valence electrons. The second-order valence-electron chi connectivity index (χ2n) is 8.87. The standard InChI is InChI=1S/C23H33ClFN3O3/c1-16(2)15-31-23(30)28-12-8-17(9-13-28)22(29)26-14-20(27-10-3-4-11-27)21-18(24)6-5-7-19(21)25/h5-7,16-17,20H,3-4,8-15H2,1-2H3,(H,26,29). The summed E-state index contributed by atoms with van der Waals surface area (Å²) in [6.07, 6.45) is 2.99. The summed E-state index contributed by atoms with van der Waals surface area (Å²) in [7, 11) is 0. The predicted octanol–water partition coefficient (Wildman–Crippen LogP) is 4.24. The van der Waals surface area contributed by atoms with Crippen molar-refractivity contribution in [3.05, 3.63) is 34.6 Å². The van der Waals surface area contributed by atoms with Crippen LogP contribution in [0.3, 0.4) is 0 Å². The summed E-state index contributed by atoms with van der Waals surface area (Å²) in [6.45, 7) is 7.44. The number of likely N-dealkylation sites (tertiary alicyclic amines) is 2. The number of ether oxygens (including phenoxy) is 1. The monoisotopic (exact) mass is 453 g/mol. The second-order valence-corrected chi connectivity index (χ2v) is 9.28. The van der Waals surface area contributed by atoms with Gasteiger partial charge in [0.2, 0.25) is 5.91 Å². The van der Waals surface area contributed by atoms with Gasteiger partial charge in [-0.05, 0) is 56.8 Å². The molecule has 2 heterocycles. The Bertz CT molecular complexity index is 742. The lowest BCUT2D eigenvalue weighted by Crippen LogP contribution is -2.45. The molecule has 2 amide bonds. The van der Waals surface area contributed by atoms with Crippen molar-refractivity contribution < 1.29 is 18.7 Å². The highest BCUT2D eigenvalue weighted by Crippen LogP contribution is 2.32. The van der Waals surface area contributed by atoms with Crippen LogP contribution in [0.2, 0.25) is 5.02 Å². The highest BCUT2D eigenvalue weighted by atomic mass is 35.5. The van der Waals surface area contributed by atoms with Crippen molar-refractivity contribution in [2.24, 2.45) is 11.8 Å². The van der Waals surface area contributed by atoms with Gasteiger partial charge >= 0.3 is 6.09 Å². The van der Waals surface area contributed by atoms with E-state index in [0.29, 0.717) is 55.6 Å². The van der Waals surface area contributed by atoms with Crippen molar-refractivity contribution in [3.8, 4) is 0 Å². The van der Waals surface area contributed by atoms with Gasteiger partial charge in [-0.1, -0.05) is 31.5 Å². The third-order valence-corrected chi connectivity index (χ3v) is 6.38. The summed E-state index contributed by atoms with van der Waals surface area (Å²) < 4.78 is 19.9. The number of rotatable bonds is 7. The molecule has 2 aliphatic heterocycles. The predicted molar refractivity (Wildman–Crippen MR) is 118 cm³/mol. The molecule has 0 spiro atoms. The Labute approximate surface area is 189 Å². The zero-order chi connectivity index (χ0) is 22.4. The first kappa shape index (κ1) is 23.8. The van der Waals surface area contributed by atoms with Gasteiger partial charge in [0.15, 0.2) is 0 Å². The SMILES string of the molecule is CC(C)COC(=O)N1CCC(C(=O)NCC(c2c(F)cccc2Cl)N2CCCC2)CC1. The van der Waals surface area contributed by atoms with Gasteiger partial charge in [-0.2, -0.15) is 0 Å². The number of nitrogens with one attached hydrogen (secondary N) is 1. The van der Waals surface area contributed by atoms with Crippen LogP contribution in [0.5, 0.6) is 0 Å². The quantitative estimate of drug-likeness (QED) is 0.670. The molecular formula is C23H33ClFN3O3. The molecule has 3 rings (SSSR count). The summed E-state index contributed by atoms with van der Waals surface area (Å²) in [5.41, 5.74) is 0.453. The second kappa shape index (κ2) is 11.1. The van der Waals surface area contributed by atoms with Gasteiger partial charge < -0.3 is 15.0 Å². The molecule has 1 atom stereocenters. The van der Waals surface area contributed by atoms with Crippen molar-refractivity contribution in [1.82, 2.24) is 15.1 Å². The molecular weight excluding hydrogens is 421 g/mol. The summed E-state index contributed by atoms with van der Waals surface area (Å²) in [4.78, 5) is 28.8. The minimum absolute atomic E-state index is 0.0492. The number of carbonyl (C=O) groups excluding carboxylic acids is 2. The first-order valence-corrected chi connectivity index (χ1v) is 11.6. The average Bonchev–Trinajstić information content (AvgIpc) is 3.28. The van der Waals surface area contributed by atoms with Crippen LogP contribution in [0.15, 0.2) is 18.2 Å². The Hall–Kier alpha value is -1.86. The topological polar surface area (TPSA) is 61.9 Å². The van der Waals surface area contributed by atoms with Crippen molar-refractivity contribution in [1.29, 1.82) is 0 Å². The van der Waals surface area contributed by atoms with E-state index in [-0.39, 0.29) is 29.8 Å². The van der Waals surface area contributed by atoms with Crippen molar-refractivity contribution in [3.63, 3.8) is 0 Å². The van der Waals surface area contributed by atoms with Gasteiger partial charge in [-0.3, -0.25) is 9.69 Å². The van der Waals surface area contributed by atoms with Gasteiger partial charge in [-0.15, -0.1) is 0 Å². The Kier molecular flexibility index (Phi) is 8.55. The number of amides is 2. The van der Waals surface area contributed by atoms with E-state index in [4.69, 9.17) is 16.3 Å². The molecule has 1 aromatic carbocycles. The molecule has 8 heteroatoms. The minimum Gasteiger partial charge on any atom is -0.449 e. The maximum atomic E-state index is 14.6. The number of halogens is 2. The summed E-state index contributed by atoms with van der Waals surface area (Å²) >= 11 is 6.33. The molecule has 0 radical (unpaired) electrons. The van der Waals surface area contributed by atoms with Crippen LogP contribution in [0.1, 0.15) is 51.1 Å². The largest absolute Gasteiger partial charge is 0.449 e. The zero-order valence-electron chi connectivity index (χ0n) is 18.4. The fraction of sp³-hybridized carbons (Fsp3) is 0.652. The van der Waals surface area contributed by atoms with Gasteiger partial charge in [0.25, 0.3) is 0 Å². The third-order valence-electron chi connectivity index (χ3n) is 6.05. The smallest absolute Gasteiger partial charge is 0.409 e. The number of carbonyl (C=O) groups is 2. The first-order chi connectivity index (χ1) is 14.9. The molecule has 2 saturated heterocycles. The summed E-state index contributed by atoms with van der Waals surface area (Å²) in [5.74, 6) is -0.262. The fourth-order valence-corrected chi connectivity index (χ4v) is 4.58. The van der Waals surface area contributed by atoms with Crippen LogP contribution in [-0.2, 0) is 9.53 Å². The van der Waals surface area contributed by atoms with E-state index in [1.54, 1.807) is 17.0 Å². The lowest BCUT2D eigenvalue weighted by atomic mass is 9.95. The van der Waals surface area contributed by atoms with Crippen LogP contribution in [-0.4, -0.2) is 61.1 Å². The van der Waals surface area contributed by atoms with Crippen molar-refractivity contribution >= 4 is 23.6 Å². The fourth-order valence-electron chi connectivity index (χ4n) is 4.29. The molecule has 31 heavy (non-hydrogen) atoms. The molecule has 0 aromatic heterocycles. The molecule has 0 saturated carbocycles. The number of benzene rings is 1. The van der Waals surface area contributed by atoms with E-state index in [0.717, 1.165) is 25.9 Å². The van der Waals surface area contributed by atoms with E-state index >= 15 is 0 Å². The molecule has 2 aliphatic rings. The Morgan fingerprint density at radius 2 is 1.87 bits per heavy atom. The number of hydrogen-bond donors (Lipinski definition) is 1. The molecule has 6 nitrogen and oxygen atoms in total. The van der Waals surface area contributed by atoms with Gasteiger partial charge in [-0.25, -0.2) is 9.18 Å². The van der Waals surface area contributed by atoms with E-state index in [9.17, 15) is 14.0 Å². The average molecular weight is 454 g/mol. The maximum Gasteiger partial charge on any atom is 0.409 e. The highest BCUT2D eigenvalue weighted by molar-refractivity contribution is 6.31. The molecule has 1 N–H and O–H groups in total. The molecule has 1 unspecified atom stereocenters. The normalized spacial score (nSPS) is 18.9. The van der Waals surface area contributed by atoms with Crippen LogP contribution < -0.4 is 5.32 Å². The number of hydrogen-bond acceptors (Lipinski definition) is 4. The highest BCUT2D eigenvalue weighted by Gasteiger charge is 2.31. The number of nitrogens with zero attached hydrogens (tertiary/aromatic N) is 2. The van der Waals surface area contributed by atoms with E-state index in [1.165, 1.54) is 6.07 Å². The summed E-state index contributed by atoms with van der Waals surface area (Å²) in [5, 5.41) is 3.41.